The van der Waals surface area contributed by atoms with Gasteiger partial charge in [0.25, 0.3) is 0 Å². The molecule has 0 bridgehead atoms. The fraction of sp³-hybridized carbons (Fsp3) is 0.222. The molecule has 0 amide bonds. The number of ether oxygens (including phenoxy) is 1. The Kier molecular flexibility index (Phi) is 6.03. The van der Waals surface area contributed by atoms with Crippen LogP contribution in [-0.2, 0) is 11.3 Å². The van der Waals surface area contributed by atoms with E-state index < -0.39 is 0 Å². The van der Waals surface area contributed by atoms with Crippen LogP contribution in [0, 0.1) is 0 Å². The summed E-state index contributed by atoms with van der Waals surface area (Å²) in [5.74, 6) is 0. The van der Waals surface area contributed by atoms with Gasteiger partial charge in [-0.05, 0) is 60.4 Å². The molecule has 0 saturated carbocycles. The summed E-state index contributed by atoms with van der Waals surface area (Å²) in [5, 5.41) is 4.73. The van der Waals surface area contributed by atoms with Crippen LogP contribution in [0.1, 0.15) is 30.0 Å². The first kappa shape index (κ1) is 21.5. The maximum Gasteiger partial charge on any atom is 0.104 e. The predicted molar refractivity (Wildman–Crippen MR) is 141 cm³/mol. The van der Waals surface area contributed by atoms with Crippen molar-refractivity contribution in [3.63, 3.8) is 0 Å². The number of aromatic nitrogens is 1. The van der Waals surface area contributed by atoms with Crippen molar-refractivity contribution in [2.45, 2.75) is 25.4 Å². The SMILES string of the molecule is NC(=S)c1cccc(-c2cn(C3CCOCC3)c3cc(CNc4ccc(N)cc4)ccc23)c1. The van der Waals surface area contributed by atoms with Crippen LogP contribution in [0.4, 0.5) is 11.4 Å². The highest BCUT2D eigenvalue weighted by atomic mass is 32.1. The third kappa shape index (κ3) is 4.58. The van der Waals surface area contributed by atoms with Gasteiger partial charge in [0.15, 0.2) is 0 Å². The smallest absolute Gasteiger partial charge is 0.104 e. The second-order valence-electron chi connectivity index (χ2n) is 8.57. The summed E-state index contributed by atoms with van der Waals surface area (Å²) in [4.78, 5) is 0.418. The van der Waals surface area contributed by atoms with Crippen molar-refractivity contribution in [2.75, 3.05) is 24.3 Å². The number of hydrogen-bond donors (Lipinski definition) is 3. The normalized spacial score (nSPS) is 14.4. The van der Waals surface area contributed by atoms with Crippen molar-refractivity contribution in [1.29, 1.82) is 0 Å². The van der Waals surface area contributed by atoms with Gasteiger partial charge in [-0.2, -0.15) is 0 Å². The lowest BCUT2D eigenvalue weighted by molar-refractivity contribution is 0.0707. The molecule has 4 aromatic rings. The number of fused-ring (bicyclic) bond motifs is 1. The molecular formula is C27H28N4OS. The number of rotatable bonds is 6. The molecule has 0 unspecified atom stereocenters. The van der Waals surface area contributed by atoms with Crippen molar-refractivity contribution < 1.29 is 4.74 Å². The summed E-state index contributed by atoms with van der Waals surface area (Å²) in [6.07, 6.45) is 4.32. The molecule has 0 radical (unpaired) electrons. The Balaban J connectivity index is 1.53. The molecule has 1 saturated heterocycles. The molecule has 3 aromatic carbocycles. The van der Waals surface area contributed by atoms with E-state index in [-0.39, 0.29) is 0 Å². The van der Waals surface area contributed by atoms with E-state index in [1.807, 2.05) is 36.4 Å². The van der Waals surface area contributed by atoms with E-state index in [9.17, 15) is 0 Å². The Hall–Kier alpha value is -3.35. The maximum absolute atomic E-state index is 5.90. The van der Waals surface area contributed by atoms with Gasteiger partial charge in [-0.25, -0.2) is 0 Å². The molecule has 168 valence electrons. The summed E-state index contributed by atoms with van der Waals surface area (Å²) >= 11 is 5.21. The van der Waals surface area contributed by atoms with Crippen LogP contribution in [-0.4, -0.2) is 22.8 Å². The zero-order valence-corrected chi connectivity index (χ0v) is 19.3. The van der Waals surface area contributed by atoms with E-state index in [1.54, 1.807) is 0 Å². The van der Waals surface area contributed by atoms with Crippen molar-refractivity contribution in [1.82, 2.24) is 4.57 Å². The van der Waals surface area contributed by atoms with Gasteiger partial charge in [-0.15, -0.1) is 0 Å². The lowest BCUT2D eigenvalue weighted by Crippen LogP contribution is -2.19. The van der Waals surface area contributed by atoms with Gasteiger partial charge in [-0.3, -0.25) is 0 Å². The van der Waals surface area contributed by atoms with Gasteiger partial charge >= 0.3 is 0 Å². The van der Waals surface area contributed by atoms with Gasteiger partial charge in [0.2, 0.25) is 0 Å². The minimum Gasteiger partial charge on any atom is -0.399 e. The number of nitrogens with two attached hydrogens (primary N) is 2. The zero-order valence-electron chi connectivity index (χ0n) is 18.5. The lowest BCUT2D eigenvalue weighted by Gasteiger charge is -2.24. The van der Waals surface area contributed by atoms with Crippen LogP contribution in [0.3, 0.4) is 0 Å². The summed E-state index contributed by atoms with van der Waals surface area (Å²) in [5.41, 5.74) is 19.2. The summed E-state index contributed by atoms with van der Waals surface area (Å²) in [6.45, 7) is 2.34. The number of benzene rings is 3. The topological polar surface area (TPSA) is 78.2 Å². The number of nitrogens with zero attached hydrogens (tertiary/aromatic N) is 1. The summed E-state index contributed by atoms with van der Waals surface area (Å²) < 4.78 is 8.06. The second-order valence-corrected chi connectivity index (χ2v) is 9.01. The average Bonchev–Trinajstić information content (AvgIpc) is 3.23. The standard InChI is InChI=1S/C27H28N4OS/c28-21-5-7-22(8-6-21)30-16-18-4-9-24-25(19-2-1-3-20(15-19)27(29)33)17-31(26(24)14-18)23-10-12-32-13-11-23/h1-9,14-15,17,23,30H,10-13,16,28H2,(H2,29,33). The minimum absolute atomic E-state index is 0.418. The van der Waals surface area contributed by atoms with Crippen molar-refractivity contribution >= 4 is 39.5 Å². The molecule has 0 aliphatic carbocycles. The van der Waals surface area contributed by atoms with E-state index in [4.69, 9.17) is 28.4 Å². The van der Waals surface area contributed by atoms with Crippen molar-refractivity contribution in [2.24, 2.45) is 5.73 Å². The van der Waals surface area contributed by atoms with Gasteiger partial charge in [0.1, 0.15) is 4.99 Å². The Morgan fingerprint density at radius 2 is 1.82 bits per heavy atom. The highest BCUT2D eigenvalue weighted by Gasteiger charge is 2.20. The molecule has 2 heterocycles. The quantitative estimate of drug-likeness (QED) is 0.264. The fourth-order valence-electron chi connectivity index (χ4n) is 4.55. The van der Waals surface area contributed by atoms with E-state index in [0.29, 0.717) is 11.0 Å². The highest BCUT2D eigenvalue weighted by molar-refractivity contribution is 7.80. The first-order chi connectivity index (χ1) is 16.1. The maximum atomic E-state index is 5.90. The van der Waals surface area contributed by atoms with E-state index in [1.165, 1.54) is 22.0 Å². The van der Waals surface area contributed by atoms with E-state index in [2.05, 4.69) is 46.4 Å². The third-order valence-electron chi connectivity index (χ3n) is 6.35. The van der Waals surface area contributed by atoms with Crippen LogP contribution < -0.4 is 16.8 Å². The largest absolute Gasteiger partial charge is 0.399 e. The average molecular weight is 457 g/mol. The molecule has 6 heteroatoms. The molecule has 33 heavy (non-hydrogen) atoms. The zero-order chi connectivity index (χ0) is 22.8. The number of nitrogen functional groups attached to an aromatic ring is 1. The van der Waals surface area contributed by atoms with Crippen LogP contribution >= 0.6 is 12.2 Å². The third-order valence-corrected chi connectivity index (χ3v) is 6.58. The molecule has 0 atom stereocenters. The molecule has 1 aliphatic heterocycles. The molecule has 5 nitrogen and oxygen atoms in total. The molecule has 1 fully saturated rings. The molecule has 0 spiro atoms. The summed E-state index contributed by atoms with van der Waals surface area (Å²) in [6, 6.07) is 23.2. The Labute approximate surface area is 199 Å². The van der Waals surface area contributed by atoms with Gasteiger partial charge in [-0.1, -0.05) is 42.5 Å². The summed E-state index contributed by atoms with van der Waals surface area (Å²) in [7, 11) is 0. The van der Waals surface area contributed by atoms with Crippen LogP contribution in [0.5, 0.6) is 0 Å². The highest BCUT2D eigenvalue weighted by Crippen LogP contribution is 2.36. The van der Waals surface area contributed by atoms with Crippen LogP contribution in [0.2, 0.25) is 0 Å². The van der Waals surface area contributed by atoms with Crippen LogP contribution in [0.15, 0.2) is 72.9 Å². The minimum atomic E-state index is 0.418. The Bertz CT molecular complexity index is 1290. The molecule has 1 aliphatic rings. The Morgan fingerprint density at radius 1 is 1.03 bits per heavy atom. The predicted octanol–water partition coefficient (Wildman–Crippen LogP) is 5.49. The van der Waals surface area contributed by atoms with E-state index in [0.717, 1.165) is 55.1 Å². The van der Waals surface area contributed by atoms with Gasteiger partial charge in [0.05, 0.1) is 0 Å². The lowest BCUT2D eigenvalue weighted by atomic mass is 10.0. The number of anilines is 2. The Morgan fingerprint density at radius 3 is 2.58 bits per heavy atom. The molecule has 5 rings (SSSR count). The molecule has 5 N–H and O–H groups in total. The van der Waals surface area contributed by atoms with Gasteiger partial charge in [0, 0.05) is 65.4 Å². The van der Waals surface area contributed by atoms with E-state index >= 15 is 0 Å². The molecular weight excluding hydrogens is 428 g/mol. The first-order valence-corrected chi connectivity index (χ1v) is 11.7. The van der Waals surface area contributed by atoms with Crippen LogP contribution in [0.25, 0.3) is 22.0 Å². The molecule has 1 aromatic heterocycles. The first-order valence-electron chi connectivity index (χ1n) is 11.3. The van der Waals surface area contributed by atoms with Crippen molar-refractivity contribution in [3.05, 3.63) is 84.1 Å². The second kappa shape index (κ2) is 9.25. The number of hydrogen-bond acceptors (Lipinski definition) is 4. The fourth-order valence-corrected chi connectivity index (χ4v) is 4.67. The number of thiocarbonyl (C=S) groups is 1. The van der Waals surface area contributed by atoms with Crippen molar-refractivity contribution in [3.8, 4) is 11.1 Å². The monoisotopic (exact) mass is 456 g/mol. The number of nitrogens with one attached hydrogen (secondary N) is 1. The van der Waals surface area contributed by atoms with Gasteiger partial charge < -0.3 is 26.1 Å².